The second-order valence-electron chi connectivity index (χ2n) is 7.09. The van der Waals surface area contributed by atoms with Crippen LogP contribution < -0.4 is 0 Å². The van der Waals surface area contributed by atoms with E-state index >= 15 is 0 Å². The number of carbonyl (C=O) groups is 1. The number of rotatable bonds is 2. The van der Waals surface area contributed by atoms with Crippen molar-refractivity contribution < 1.29 is 4.79 Å². The van der Waals surface area contributed by atoms with Crippen molar-refractivity contribution in [3.63, 3.8) is 0 Å². The number of ketones is 1. The first-order valence-corrected chi connectivity index (χ1v) is 8.88. The van der Waals surface area contributed by atoms with Crippen LogP contribution in [-0.4, -0.2) is 10.8 Å². The summed E-state index contributed by atoms with van der Waals surface area (Å²) < 4.78 is 0. The lowest BCUT2D eigenvalue weighted by Gasteiger charge is -2.29. The fourth-order valence-corrected chi connectivity index (χ4v) is 3.42. The van der Waals surface area contributed by atoms with E-state index in [-0.39, 0.29) is 5.78 Å². The van der Waals surface area contributed by atoms with Crippen molar-refractivity contribution in [2.24, 2.45) is 5.92 Å². The van der Waals surface area contributed by atoms with Crippen LogP contribution in [0, 0.1) is 17.2 Å². The lowest BCUT2D eigenvalue weighted by atomic mass is 9.76. The summed E-state index contributed by atoms with van der Waals surface area (Å²) in [7, 11) is 0. The number of carbonyl (C=O) groups excluding carboxylic acids is 1. The van der Waals surface area contributed by atoms with Crippen LogP contribution in [0.4, 0.5) is 0 Å². The molecule has 0 radical (unpaired) electrons. The number of hydrogen-bond acceptors (Lipinski definition) is 3. The molecule has 0 N–H and O–H groups in total. The molecule has 2 aromatic rings. The average molecular weight is 334 g/mol. The second kappa shape index (κ2) is 8.58. The molecule has 1 heterocycles. The van der Waals surface area contributed by atoms with Crippen molar-refractivity contribution in [1.29, 1.82) is 5.26 Å². The molecule has 1 aromatic heterocycles. The van der Waals surface area contributed by atoms with Crippen LogP contribution in [0.3, 0.4) is 0 Å². The molecule has 3 heteroatoms. The molecule has 1 aliphatic carbocycles. The normalized spacial score (nSPS) is 15.6. The van der Waals surface area contributed by atoms with Crippen LogP contribution in [0.1, 0.15) is 63.1 Å². The molecule has 3 nitrogen and oxygen atoms in total. The van der Waals surface area contributed by atoms with E-state index < -0.39 is 0 Å². The first kappa shape index (κ1) is 18.9. The Bertz CT molecular complexity index is 766. The summed E-state index contributed by atoms with van der Waals surface area (Å²) in [5, 5.41) is 8.92. The molecule has 1 aromatic carbocycles. The van der Waals surface area contributed by atoms with E-state index in [1.807, 2.05) is 30.5 Å². The van der Waals surface area contributed by atoms with Gasteiger partial charge in [-0.2, -0.15) is 5.26 Å². The minimum Gasteiger partial charge on any atom is -0.300 e. The van der Waals surface area contributed by atoms with E-state index in [0.29, 0.717) is 17.4 Å². The third-order valence-corrected chi connectivity index (χ3v) is 4.56. The highest BCUT2D eigenvalue weighted by Gasteiger charge is 2.25. The van der Waals surface area contributed by atoms with Crippen molar-refractivity contribution in [3.05, 3.63) is 53.3 Å². The van der Waals surface area contributed by atoms with Gasteiger partial charge in [-0.05, 0) is 73.8 Å². The smallest absolute Gasteiger partial charge is 0.126 e. The molecule has 1 atom stereocenters. The summed E-state index contributed by atoms with van der Waals surface area (Å²) in [5.41, 5.74) is 6.00. The van der Waals surface area contributed by atoms with E-state index in [9.17, 15) is 4.79 Å². The van der Waals surface area contributed by atoms with Crippen molar-refractivity contribution in [2.45, 2.75) is 52.9 Å². The summed E-state index contributed by atoms with van der Waals surface area (Å²) in [6.07, 6.45) is 7.69. The second-order valence-corrected chi connectivity index (χ2v) is 7.09. The van der Waals surface area contributed by atoms with E-state index in [0.717, 1.165) is 6.42 Å². The van der Waals surface area contributed by atoms with Gasteiger partial charge in [0.15, 0.2) is 0 Å². The van der Waals surface area contributed by atoms with E-state index in [1.54, 1.807) is 0 Å². The molecule has 0 bridgehead atoms. The standard InChI is InChI=1S/C19H20N2.C3H6O/c1-13(2)16-4-3-5-17-18(11-21-12-19(16)17)15-8-6-14(10-20)7-9-15;1-3(2)4/h6-9,11-13,16H,3-5H2,1-2H3;1-2H3/t16-;/m0./s1. The van der Waals surface area contributed by atoms with Crippen molar-refractivity contribution >= 4 is 5.78 Å². The van der Waals surface area contributed by atoms with Crippen LogP contribution in [0.2, 0.25) is 0 Å². The molecule has 1 aliphatic rings. The Morgan fingerprint density at radius 1 is 1.20 bits per heavy atom. The summed E-state index contributed by atoms with van der Waals surface area (Å²) in [6, 6.07) is 10.0. The quantitative estimate of drug-likeness (QED) is 0.749. The van der Waals surface area contributed by atoms with E-state index in [1.165, 1.54) is 48.9 Å². The van der Waals surface area contributed by atoms with Gasteiger partial charge in [0.25, 0.3) is 0 Å². The largest absolute Gasteiger partial charge is 0.300 e. The van der Waals surface area contributed by atoms with Crippen molar-refractivity contribution in [3.8, 4) is 17.2 Å². The zero-order chi connectivity index (χ0) is 18.4. The molecule has 0 spiro atoms. The van der Waals surface area contributed by atoms with Gasteiger partial charge in [0.1, 0.15) is 5.78 Å². The minimum atomic E-state index is 0.167. The molecular formula is C22H26N2O. The summed E-state index contributed by atoms with van der Waals surface area (Å²) in [4.78, 5) is 13.9. The molecule has 25 heavy (non-hydrogen) atoms. The number of pyridine rings is 1. The maximum absolute atomic E-state index is 9.44. The number of nitriles is 1. The fourth-order valence-electron chi connectivity index (χ4n) is 3.42. The molecule has 0 aliphatic heterocycles. The number of fused-ring (bicyclic) bond motifs is 1. The zero-order valence-electron chi connectivity index (χ0n) is 15.5. The Labute approximate surface area is 150 Å². The highest BCUT2D eigenvalue weighted by molar-refractivity contribution is 5.72. The maximum atomic E-state index is 9.44. The van der Waals surface area contributed by atoms with Gasteiger partial charge in [-0.3, -0.25) is 4.98 Å². The van der Waals surface area contributed by atoms with Crippen molar-refractivity contribution in [1.82, 2.24) is 4.98 Å². The first-order valence-electron chi connectivity index (χ1n) is 8.88. The molecule has 3 rings (SSSR count). The van der Waals surface area contributed by atoms with Crippen LogP contribution in [0.25, 0.3) is 11.1 Å². The number of nitrogens with zero attached hydrogens (tertiary/aromatic N) is 2. The van der Waals surface area contributed by atoms with Crippen LogP contribution >= 0.6 is 0 Å². The SMILES string of the molecule is CC(C)=O.CC(C)[C@@H]1CCCc2c(-c3ccc(C#N)cc3)cncc21. The molecule has 0 saturated heterocycles. The number of aromatic nitrogens is 1. The fraction of sp³-hybridized carbons (Fsp3) is 0.409. The third-order valence-electron chi connectivity index (χ3n) is 4.56. The Morgan fingerprint density at radius 3 is 2.40 bits per heavy atom. The number of benzene rings is 1. The Balaban J connectivity index is 0.000000511. The average Bonchev–Trinajstić information content (AvgIpc) is 2.60. The molecular weight excluding hydrogens is 308 g/mol. The van der Waals surface area contributed by atoms with Gasteiger partial charge in [-0.25, -0.2) is 0 Å². The zero-order valence-corrected chi connectivity index (χ0v) is 15.5. The van der Waals surface area contributed by atoms with E-state index in [2.05, 4.69) is 31.1 Å². The summed E-state index contributed by atoms with van der Waals surface area (Å²) in [5.74, 6) is 1.45. The topological polar surface area (TPSA) is 53.8 Å². The number of hydrogen-bond donors (Lipinski definition) is 0. The molecule has 0 amide bonds. The summed E-state index contributed by atoms with van der Waals surface area (Å²) in [6.45, 7) is 7.66. The van der Waals surface area contributed by atoms with Gasteiger partial charge in [0, 0.05) is 18.0 Å². The van der Waals surface area contributed by atoms with Gasteiger partial charge in [0.2, 0.25) is 0 Å². The predicted molar refractivity (Wildman–Crippen MR) is 101 cm³/mol. The van der Waals surface area contributed by atoms with Gasteiger partial charge in [-0.1, -0.05) is 26.0 Å². The molecule has 0 saturated carbocycles. The van der Waals surface area contributed by atoms with Crippen LogP contribution in [0.15, 0.2) is 36.7 Å². The molecule has 0 fully saturated rings. The third kappa shape index (κ3) is 4.76. The van der Waals surface area contributed by atoms with Gasteiger partial charge in [0.05, 0.1) is 11.6 Å². The Hall–Kier alpha value is -2.47. The molecule has 0 unspecified atom stereocenters. The summed E-state index contributed by atoms with van der Waals surface area (Å²) >= 11 is 0. The van der Waals surface area contributed by atoms with Crippen LogP contribution in [0.5, 0.6) is 0 Å². The Morgan fingerprint density at radius 2 is 1.84 bits per heavy atom. The Kier molecular flexibility index (Phi) is 6.47. The lowest BCUT2D eigenvalue weighted by molar-refractivity contribution is -0.114. The highest BCUT2D eigenvalue weighted by atomic mass is 16.1. The predicted octanol–water partition coefficient (Wildman–Crippen LogP) is 5.29. The number of Topliss-reactive ketones (excluding diaryl/α,β-unsaturated/α-hetero) is 1. The van der Waals surface area contributed by atoms with Crippen LogP contribution in [-0.2, 0) is 11.2 Å². The molecule has 130 valence electrons. The minimum absolute atomic E-state index is 0.167. The van der Waals surface area contributed by atoms with Crippen molar-refractivity contribution in [2.75, 3.05) is 0 Å². The van der Waals surface area contributed by atoms with Gasteiger partial charge >= 0.3 is 0 Å². The highest BCUT2D eigenvalue weighted by Crippen LogP contribution is 2.40. The maximum Gasteiger partial charge on any atom is 0.126 e. The monoisotopic (exact) mass is 334 g/mol. The lowest BCUT2D eigenvalue weighted by Crippen LogP contribution is -2.16. The first-order chi connectivity index (χ1) is 11.9. The van der Waals surface area contributed by atoms with E-state index in [4.69, 9.17) is 5.26 Å². The van der Waals surface area contributed by atoms with Gasteiger partial charge in [-0.15, -0.1) is 0 Å². The van der Waals surface area contributed by atoms with Gasteiger partial charge < -0.3 is 4.79 Å².